The summed E-state index contributed by atoms with van der Waals surface area (Å²) in [6.45, 7) is 3.28. The first kappa shape index (κ1) is 17.6. The number of fused-ring (bicyclic) bond motifs is 3. The van der Waals surface area contributed by atoms with Gasteiger partial charge in [-0.15, -0.1) is 0 Å². The first-order valence-electron chi connectivity index (χ1n) is 9.93. The van der Waals surface area contributed by atoms with Crippen molar-refractivity contribution in [3.63, 3.8) is 0 Å². The van der Waals surface area contributed by atoms with E-state index < -0.39 is 0 Å². The molecule has 0 aliphatic carbocycles. The van der Waals surface area contributed by atoms with Gasteiger partial charge in [-0.3, -0.25) is 4.79 Å². The third-order valence-corrected chi connectivity index (χ3v) is 5.54. The van der Waals surface area contributed by atoms with Crippen molar-refractivity contribution >= 4 is 11.6 Å². The lowest BCUT2D eigenvalue weighted by Gasteiger charge is -2.29. The Bertz CT molecular complexity index is 1180. The number of hydrogen-bond donors (Lipinski definition) is 0. The number of amides is 1. The Morgan fingerprint density at radius 3 is 2.59 bits per heavy atom. The standard InChI is InChI=1S/C24H22N4O/c1-17-13-23-25-15-21-16-27(12-11-22(21)28(23)26-17)24(29)14-18-7-9-20(10-8-18)19-5-3-2-4-6-19/h2-10,13,15H,11-12,14,16H2,1H3. The summed E-state index contributed by atoms with van der Waals surface area (Å²) >= 11 is 0. The zero-order valence-electron chi connectivity index (χ0n) is 16.4. The van der Waals surface area contributed by atoms with E-state index in [1.54, 1.807) is 0 Å². The van der Waals surface area contributed by atoms with E-state index in [2.05, 4.69) is 46.5 Å². The van der Waals surface area contributed by atoms with Gasteiger partial charge in [0.15, 0.2) is 5.65 Å². The molecule has 0 bridgehead atoms. The molecular weight excluding hydrogens is 360 g/mol. The molecule has 0 saturated carbocycles. The molecule has 2 aromatic carbocycles. The number of hydrogen-bond acceptors (Lipinski definition) is 3. The molecule has 0 atom stereocenters. The maximum atomic E-state index is 12.9. The fourth-order valence-electron chi connectivity index (χ4n) is 4.00. The average Bonchev–Trinajstić information content (AvgIpc) is 3.15. The minimum Gasteiger partial charge on any atom is -0.338 e. The van der Waals surface area contributed by atoms with Crippen LogP contribution in [0.2, 0.25) is 0 Å². The zero-order valence-corrected chi connectivity index (χ0v) is 16.4. The molecule has 2 aromatic heterocycles. The minimum absolute atomic E-state index is 0.153. The minimum atomic E-state index is 0.153. The average molecular weight is 382 g/mol. The molecule has 1 amide bonds. The summed E-state index contributed by atoms with van der Waals surface area (Å²) in [6, 6.07) is 20.5. The quantitative estimate of drug-likeness (QED) is 0.541. The van der Waals surface area contributed by atoms with Crippen LogP contribution in [0.25, 0.3) is 16.8 Å². The highest BCUT2D eigenvalue weighted by Crippen LogP contribution is 2.22. The van der Waals surface area contributed by atoms with Crippen molar-refractivity contribution in [2.24, 2.45) is 0 Å². The Morgan fingerprint density at radius 1 is 1.03 bits per heavy atom. The van der Waals surface area contributed by atoms with E-state index >= 15 is 0 Å². The van der Waals surface area contributed by atoms with Crippen LogP contribution >= 0.6 is 0 Å². The van der Waals surface area contributed by atoms with Gasteiger partial charge in [-0.2, -0.15) is 5.10 Å². The summed E-state index contributed by atoms with van der Waals surface area (Å²) in [6.07, 6.45) is 3.11. The molecule has 0 unspecified atom stereocenters. The molecule has 5 heteroatoms. The van der Waals surface area contributed by atoms with Gasteiger partial charge in [-0.25, -0.2) is 9.50 Å². The zero-order chi connectivity index (χ0) is 19.8. The molecule has 0 spiro atoms. The number of aryl methyl sites for hydroxylation is 1. The highest BCUT2D eigenvalue weighted by Gasteiger charge is 2.23. The van der Waals surface area contributed by atoms with Crippen molar-refractivity contribution in [2.45, 2.75) is 26.3 Å². The van der Waals surface area contributed by atoms with E-state index in [0.29, 0.717) is 19.5 Å². The van der Waals surface area contributed by atoms with Gasteiger partial charge in [0, 0.05) is 37.3 Å². The Labute approximate surface area is 169 Å². The van der Waals surface area contributed by atoms with Crippen LogP contribution in [0.1, 0.15) is 22.5 Å². The van der Waals surface area contributed by atoms with Crippen LogP contribution in [-0.2, 0) is 24.2 Å². The summed E-state index contributed by atoms with van der Waals surface area (Å²) < 4.78 is 1.93. The fourth-order valence-corrected chi connectivity index (χ4v) is 4.00. The molecular formula is C24H22N4O. The first-order valence-corrected chi connectivity index (χ1v) is 9.93. The van der Waals surface area contributed by atoms with E-state index in [4.69, 9.17) is 0 Å². The number of carbonyl (C=O) groups is 1. The van der Waals surface area contributed by atoms with Crippen LogP contribution in [0.15, 0.2) is 66.9 Å². The normalized spacial score (nSPS) is 13.5. The van der Waals surface area contributed by atoms with E-state index in [-0.39, 0.29) is 5.91 Å². The van der Waals surface area contributed by atoms with Crippen LogP contribution in [0.5, 0.6) is 0 Å². The van der Waals surface area contributed by atoms with E-state index in [9.17, 15) is 4.79 Å². The number of benzene rings is 2. The van der Waals surface area contributed by atoms with Crippen molar-refractivity contribution < 1.29 is 4.79 Å². The number of nitrogens with zero attached hydrogens (tertiary/aromatic N) is 4. The predicted molar refractivity (Wildman–Crippen MR) is 112 cm³/mol. The summed E-state index contributed by atoms with van der Waals surface area (Å²) in [4.78, 5) is 19.3. The molecule has 29 heavy (non-hydrogen) atoms. The Morgan fingerprint density at radius 2 is 1.79 bits per heavy atom. The summed E-state index contributed by atoms with van der Waals surface area (Å²) in [5.41, 5.74) is 7.47. The third kappa shape index (κ3) is 3.40. The lowest BCUT2D eigenvalue weighted by Crippen LogP contribution is -2.37. The van der Waals surface area contributed by atoms with Crippen molar-refractivity contribution in [2.75, 3.05) is 6.54 Å². The lowest BCUT2D eigenvalue weighted by molar-refractivity contribution is -0.131. The molecule has 1 aliphatic rings. The highest BCUT2D eigenvalue weighted by molar-refractivity contribution is 5.79. The summed E-state index contributed by atoms with van der Waals surface area (Å²) in [5.74, 6) is 0.153. The molecule has 5 rings (SSSR count). The molecule has 1 aliphatic heterocycles. The van der Waals surface area contributed by atoms with Crippen LogP contribution < -0.4 is 0 Å². The van der Waals surface area contributed by atoms with Crippen molar-refractivity contribution in [1.82, 2.24) is 19.5 Å². The summed E-state index contributed by atoms with van der Waals surface area (Å²) in [5, 5.41) is 4.55. The second-order valence-electron chi connectivity index (χ2n) is 7.59. The number of aromatic nitrogens is 3. The van der Waals surface area contributed by atoms with E-state index in [1.807, 2.05) is 46.8 Å². The predicted octanol–water partition coefficient (Wildman–Crippen LogP) is 3.83. The molecule has 144 valence electrons. The molecule has 0 radical (unpaired) electrons. The lowest BCUT2D eigenvalue weighted by atomic mass is 10.0. The molecule has 0 saturated heterocycles. The van der Waals surface area contributed by atoms with E-state index in [1.165, 1.54) is 16.8 Å². The van der Waals surface area contributed by atoms with Gasteiger partial charge < -0.3 is 4.90 Å². The number of carbonyl (C=O) groups excluding carboxylic acids is 1. The summed E-state index contributed by atoms with van der Waals surface area (Å²) in [7, 11) is 0. The van der Waals surface area contributed by atoms with Crippen molar-refractivity contribution in [1.29, 1.82) is 0 Å². The van der Waals surface area contributed by atoms with Gasteiger partial charge in [-0.1, -0.05) is 54.6 Å². The first-order chi connectivity index (χ1) is 14.2. The fraction of sp³-hybridized carbons (Fsp3) is 0.208. The maximum Gasteiger partial charge on any atom is 0.227 e. The molecule has 3 heterocycles. The monoisotopic (exact) mass is 382 g/mol. The maximum absolute atomic E-state index is 12.9. The van der Waals surface area contributed by atoms with Crippen molar-refractivity contribution in [3.8, 4) is 11.1 Å². The second-order valence-corrected chi connectivity index (χ2v) is 7.59. The highest BCUT2D eigenvalue weighted by atomic mass is 16.2. The Hall–Kier alpha value is -3.47. The van der Waals surface area contributed by atoms with Gasteiger partial charge in [0.2, 0.25) is 5.91 Å². The van der Waals surface area contributed by atoms with Gasteiger partial charge in [0.25, 0.3) is 0 Å². The molecule has 0 fully saturated rings. The van der Waals surface area contributed by atoms with E-state index in [0.717, 1.165) is 28.9 Å². The SMILES string of the molecule is Cc1cc2ncc3c(n2n1)CCN(C(=O)Cc1ccc(-c2ccccc2)cc1)C3. The van der Waals surface area contributed by atoms with Crippen LogP contribution in [-0.4, -0.2) is 31.9 Å². The molecule has 4 aromatic rings. The smallest absolute Gasteiger partial charge is 0.227 e. The molecule has 5 nitrogen and oxygen atoms in total. The van der Waals surface area contributed by atoms with Gasteiger partial charge in [0.1, 0.15) is 0 Å². The third-order valence-electron chi connectivity index (χ3n) is 5.54. The van der Waals surface area contributed by atoms with Crippen LogP contribution in [0.3, 0.4) is 0 Å². The topological polar surface area (TPSA) is 50.5 Å². The van der Waals surface area contributed by atoms with Crippen LogP contribution in [0, 0.1) is 6.92 Å². The van der Waals surface area contributed by atoms with Gasteiger partial charge in [-0.05, 0) is 23.6 Å². The Balaban J connectivity index is 1.30. The molecule has 0 N–H and O–H groups in total. The Kier molecular flexibility index (Phi) is 4.35. The van der Waals surface area contributed by atoms with Crippen LogP contribution in [0.4, 0.5) is 0 Å². The van der Waals surface area contributed by atoms with Gasteiger partial charge >= 0.3 is 0 Å². The van der Waals surface area contributed by atoms with Gasteiger partial charge in [0.05, 0.1) is 17.8 Å². The largest absolute Gasteiger partial charge is 0.338 e. The second kappa shape index (κ2) is 7.17. The van der Waals surface area contributed by atoms with Crippen molar-refractivity contribution in [3.05, 3.63) is 89.4 Å². The number of rotatable bonds is 3.